The zero-order chi connectivity index (χ0) is 17.1. The molecule has 25 heavy (non-hydrogen) atoms. The number of aromatic nitrogens is 3. The summed E-state index contributed by atoms with van der Waals surface area (Å²) >= 11 is 0. The van der Waals surface area contributed by atoms with Crippen molar-refractivity contribution in [3.05, 3.63) is 48.3 Å². The van der Waals surface area contributed by atoms with Gasteiger partial charge in [-0.05, 0) is 43.0 Å². The van der Waals surface area contributed by atoms with E-state index in [4.69, 9.17) is 9.84 Å². The number of hydrogen-bond acceptors (Lipinski definition) is 4. The molecule has 1 aromatic carbocycles. The molecule has 5 nitrogen and oxygen atoms in total. The number of nitrogens with one attached hydrogen (secondary N) is 1. The number of aryl methyl sites for hydroxylation is 1. The zero-order valence-corrected chi connectivity index (χ0v) is 14.6. The van der Waals surface area contributed by atoms with Crippen molar-refractivity contribution in [2.45, 2.75) is 38.4 Å². The average molecular weight is 336 g/mol. The minimum Gasteiger partial charge on any atom is -0.385 e. The fraction of sp³-hybridized carbons (Fsp3) is 0.400. The quantitative estimate of drug-likeness (QED) is 0.641. The van der Waals surface area contributed by atoms with Crippen LogP contribution in [0, 0.1) is 0 Å². The highest BCUT2D eigenvalue weighted by atomic mass is 16.5. The van der Waals surface area contributed by atoms with E-state index in [2.05, 4.69) is 39.2 Å². The third kappa shape index (κ3) is 3.72. The number of pyridine rings is 1. The second-order valence-corrected chi connectivity index (χ2v) is 6.67. The number of benzene rings is 1. The molecule has 0 atom stereocenters. The summed E-state index contributed by atoms with van der Waals surface area (Å²) in [4.78, 5) is 4.25. The van der Waals surface area contributed by atoms with Crippen LogP contribution in [0.3, 0.4) is 0 Å². The molecule has 2 aromatic heterocycles. The van der Waals surface area contributed by atoms with Crippen LogP contribution in [0.5, 0.6) is 0 Å². The van der Waals surface area contributed by atoms with Gasteiger partial charge in [0.1, 0.15) is 5.69 Å². The largest absolute Gasteiger partial charge is 0.385 e. The van der Waals surface area contributed by atoms with Gasteiger partial charge in [-0.25, -0.2) is 0 Å². The Morgan fingerprint density at radius 3 is 2.96 bits per heavy atom. The van der Waals surface area contributed by atoms with Crippen LogP contribution in [0.4, 0.5) is 0 Å². The van der Waals surface area contributed by atoms with Gasteiger partial charge in [0, 0.05) is 56.2 Å². The molecule has 1 aliphatic carbocycles. The van der Waals surface area contributed by atoms with Crippen LogP contribution < -0.4 is 5.32 Å². The Bertz CT molecular complexity index is 840. The molecule has 0 spiro atoms. The van der Waals surface area contributed by atoms with E-state index >= 15 is 0 Å². The number of methoxy groups -OCH3 is 1. The van der Waals surface area contributed by atoms with Crippen molar-refractivity contribution in [2.75, 3.05) is 13.7 Å². The van der Waals surface area contributed by atoms with Gasteiger partial charge in [0.05, 0.1) is 5.52 Å². The van der Waals surface area contributed by atoms with Crippen LogP contribution in [-0.4, -0.2) is 34.5 Å². The van der Waals surface area contributed by atoms with E-state index in [1.807, 2.05) is 12.3 Å². The van der Waals surface area contributed by atoms with E-state index in [9.17, 15) is 0 Å². The smallest absolute Gasteiger partial charge is 0.102 e. The molecule has 0 amide bonds. The van der Waals surface area contributed by atoms with Crippen LogP contribution in [0.2, 0.25) is 0 Å². The number of rotatable bonds is 8. The van der Waals surface area contributed by atoms with Gasteiger partial charge >= 0.3 is 0 Å². The van der Waals surface area contributed by atoms with Gasteiger partial charge in [-0.1, -0.05) is 12.1 Å². The summed E-state index contributed by atoms with van der Waals surface area (Å²) in [6.07, 6.45) is 7.24. The minimum absolute atomic E-state index is 0.716. The van der Waals surface area contributed by atoms with Crippen LogP contribution in [0.1, 0.15) is 24.8 Å². The topological polar surface area (TPSA) is 52.0 Å². The van der Waals surface area contributed by atoms with Gasteiger partial charge in [0.2, 0.25) is 0 Å². The molecule has 2 heterocycles. The molecule has 0 unspecified atom stereocenters. The van der Waals surface area contributed by atoms with Gasteiger partial charge in [-0.3, -0.25) is 9.67 Å². The van der Waals surface area contributed by atoms with Crippen molar-refractivity contribution in [3.63, 3.8) is 0 Å². The minimum atomic E-state index is 0.716. The van der Waals surface area contributed by atoms with E-state index in [1.54, 1.807) is 13.3 Å². The molecule has 130 valence electrons. The van der Waals surface area contributed by atoms with Crippen molar-refractivity contribution < 1.29 is 4.74 Å². The van der Waals surface area contributed by atoms with Crippen LogP contribution in [0.15, 0.2) is 42.7 Å². The average Bonchev–Trinajstić information content (AvgIpc) is 3.42. The third-order valence-electron chi connectivity index (χ3n) is 4.64. The number of nitrogens with zero attached hydrogens (tertiary/aromatic N) is 3. The predicted molar refractivity (Wildman–Crippen MR) is 99.3 cm³/mol. The summed E-state index contributed by atoms with van der Waals surface area (Å²) in [7, 11) is 1.74. The first kappa shape index (κ1) is 16.2. The summed E-state index contributed by atoms with van der Waals surface area (Å²) in [5.41, 5.74) is 4.55. The van der Waals surface area contributed by atoms with E-state index < -0.39 is 0 Å². The lowest BCUT2D eigenvalue weighted by Gasteiger charge is -2.06. The number of hydrogen-bond donors (Lipinski definition) is 1. The normalized spacial score (nSPS) is 14.3. The third-order valence-corrected chi connectivity index (χ3v) is 4.64. The van der Waals surface area contributed by atoms with Crippen molar-refractivity contribution in [1.82, 2.24) is 20.1 Å². The molecule has 1 saturated carbocycles. The summed E-state index contributed by atoms with van der Waals surface area (Å²) in [6.45, 7) is 2.52. The molecule has 1 aliphatic rings. The fourth-order valence-corrected chi connectivity index (χ4v) is 3.12. The maximum atomic E-state index is 5.20. The fourth-order valence-electron chi connectivity index (χ4n) is 3.12. The van der Waals surface area contributed by atoms with Crippen molar-refractivity contribution in [3.8, 4) is 11.3 Å². The van der Waals surface area contributed by atoms with E-state index in [0.717, 1.165) is 37.4 Å². The first-order valence-corrected chi connectivity index (χ1v) is 8.97. The highest BCUT2D eigenvalue weighted by molar-refractivity contribution is 5.93. The van der Waals surface area contributed by atoms with Crippen LogP contribution >= 0.6 is 0 Å². The van der Waals surface area contributed by atoms with Crippen molar-refractivity contribution >= 4 is 10.9 Å². The van der Waals surface area contributed by atoms with Gasteiger partial charge in [0.25, 0.3) is 0 Å². The summed E-state index contributed by atoms with van der Waals surface area (Å²) < 4.78 is 7.31. The number of fused-ring (bicyclic) bond motifs is 1. The van der Waals surface area contributed by atoms with E-state index in [-0.39, 0.29) is 0 Å². The van der Waals surface area contributed by atoms with Crippen LogP contribution in [-0.2, 0) is 17.8 Å². The summed E-state index contributed by atoms with van der Waals surface area (Å²) in [5, 5.41) is 9.65. The Hall–Kier alpha value is -2.24. The maximum Gasteiger partial charge on any atom is 0.102 e. The lowest BCUT2D eigenvalue weighted by molar-refractivity contribution is 0.189. The molecule has 3 aromatic rings. The molecule has 0 saturated heterocycles. The van der Waals surface area contributed by atoms with Gasteiger partial charge < -0.3 is 10.1 Å². The van der Waals surface area contributed by atoms with Crippen molar-refractivity contribution in [1.29, 1.82) is 0 Å². The zero-order valence-electron chi connectivity index (χ0n) is 14.6. The Labute approximate surface area is 148 Å². The Balaban J connectivity index is 1.69. The molecule has 5 heteroatoms. The predicted octanol–water partition coefficient (Wildman–Crippen LogP) is 3.39. The highest BCUT2D eigenvalue weighted by Gasteiger charge is 2.20. The molecule has 0 radical (unpaired) electrons. The standard InChI is InChI=1S/C20H24N4O/c1-25-11-3-10-24-19-12-15(13-22-17-6-7-17)5-8-18(19)20(23-24)16-4-2-9-21-14-16/h2,4-5,8-9,12,14,17,22H,3,6-7,10-11,13H2,1H3. The Morgan fingerprint density at radius 2 is 2.20 bits per heavy atom. The lowest BCUT2D eigenvalue weighted by atomic mass is 10.1. The number of ether oxygens (including phenoxy) is 1. The van der Waals surface area contributed by atoms with Gasteiger partial charge in [-0.15, -0.1) is 0 Å². The van der Waals surface area contributed by atoms with Gasteiger partial charge in [-0.2, -0.15) is 5.10 Å². The van der Waals surface area contributed by atoms with Crippen LogP contribution in [0.25, 0.3) is 22.2 Å². The second-order valence-electron chi connectivity index (χ2n) is 6.67. The second kappa shape index (κ2) is 7.33. The SMILES string of the molecule is COCCCn1nc(-c2cccnc2)c2ccc(CNC3CC3)cc21. The molecule has 1 fully saturated rings. The highest BCUT2D eigenvalue weighted by Crippen LogP contribution is 2.29. The maximum absolute atomic E-state index is 5.20. The monoisotopic (exact) mass is 336 g/mol. The molecule has 1 N–H and O–H groups in total. The van der Waals surface area contributed by atoms with Crippen molar-refractivity contribution in [2.24, 2.45) is 0 Å². The molecule has 0 aliphatic heterocycles. The van der Waals surface area contributed by atoms with E-state index in [1.165, 1.54) is 29.3 Å². The summed E-state index contributed by atoms with van der Waals surface area (Å²) in [5.74, 6) is 0. The molecular formula is C20H24N4O. The van der Waals surface area contributed by atoms with E-state index in [0.29, 0.717) is 6.04 Å². The first-order valence-electron chi connectivity index (χ1n) is 8.97. The first-order chi connectivity index (χ1) is 12.3. The molecular weight excluding hydrogens is 312 g/mol. The molecule has 4 rings (SSSR count). The molecule has 0 bridgehead atoms. The Kier molecular flexibility index (Phi) is 4.76. The Morgan fingerprint density at radius 1 is 1.28 bits per heavy atom. The van der Waals surface area contributed by atoms with Gasteiger partial charge in [0.15, 0.2) is 0 Å². The lowest BCUT2D eigenvalue weighted by Crippen LogP contribution is -2.15. The summed E-state index contributed by atoms with van der Waals surface area (Å²) in [6, 6.07) is 11.4.